The first kappa shape index (κ1) is 20.8. The number of carbonyl (C=O) groups is 1. The summed E-state index contributed by atoms with van der Waals surface area (Å²) >= 11 is 0. The first-order valence-corrected chi connectivity index (χ1v) is 9.48. The van der Waals surface area contributed by atoms with E-state index in [1.807, 2.05) is 58.1 Å². The zero-order valence-corrected chi connectivity index (χ0v) is 17.4. The van der Waals surface area contributed by atoms with Crippen molar-refractivity contribution in [3.63, 3.8) is 0 Å². The average Bonchev–Trinajstić information content (AvgIpc) is 2.99. The predicted octanol–water partition coefficient (Wildman–Crippen LogP) is 4.09. The molecule has 7 heteroatoms. The normalized spacial score (nSPS) is 18.8. The summed E-state index contributed by atoms with van der Waals surface area (Å²) in [6.07, 6.45) is 5.25. The van der Waals surface area contributed by atoms with Gasteiger partial charge in [0, 0.05) is 31.6 Å². The molecule has 154 valence electrons. The topological polar surface area (TPSA) is 66.5 Å². The van der Waals surface area contributed by atoms with Gasteiger partial charge in [-0.25, -0.2) is 14.6 Å². The van der Waals surface area contributed by atoms with E-state index in [2.05, 4.69) is 15.7 Å². The van der Waals surface area contributed by atoms with Gasteiger partial charge in [0.2, 0.25) is 0 Å². The molecule has 0 saturated heterocycles. The van der Waals surface area contributed by atoms with E-state index in [9.17, 15) is 9.18 Å². The number of nitrogens with one attached hydrogen (secondary N) is 2. The van der Waals surface area contributed by atoms with E-state index in [1.54, 1.807) is 18.3 Å². The van der Waals surface area contributed by atoms with Gasteiger partial charge in [-0.15, -0.1) is 0 Å². The molecule has 1 aliphatic rings. The van der Waals surface area contributed by atoms with Gasteiger partial charge in [0.1, 0.15) is 11.4 Å². The SMILES string of the molecule is CN1C=CC(C)(c2cc(-c3ccc(F)cc3)ncc2CNC(=O)OC(C)(C)C)N1. The quantitative estimate of drug-likeness (QED) is 0.812. The number of aromatic nitrogens is 1. The molecule has 3 rings (SSSR count). The lowest BCUT2D eigenvalue weighted by Crippen LogP contribution is -2.41. The minimum absolute atomic E-state index is 0.274. The van der Waals surface area contributed by atoms with Crippen molar-refractivity contribution in [1.82, 2.24) is 20.7 Å². The number of hydrogen-bond donors (Lipinski definition) is 2. The van der Waals surface area contributed by atoms with Crippen LogP contribution in [-0.2, 0) is 16.8 Å². The zero-order valence-electron chi connectivity index (χ0n) is 17.4. The Morgan fingerprint density at radius 1 is 1.31 bits per heavy atom. The molecule has 0 spiro atoms. The molecular formula is C22H27FN4O2. The van der Waals surface area contributed by atoms with Gasteiger partial charge in [0.15, 0.2) is 0 Å². The summed E-state index contributed by atoms with van der Waals surface area (Å²) in [6.45, 7) is 7.78. The van der Waals surface area contributed by atoms with Gasteiger partial charge in [-0.2, -0.15) is 0 Å². The highest BCUT2D eigenvalue weighted by Gasteiger charge is 2.31. The van der Waals surface area contributed by atoms with Crippen LogP contribution in [0.3, 0.4) is 0 Å². The van der Waals surface area contributed by atoms with Gasteiger partial charge in [0.05, 0.1) is 11.2 Å². The van der Waals surface area contributed by atoms with Crippen LogP contribution < -0.4 is 10.7 Å². The number of alkyl carbamates (subject to hydrolysis) is 1. The van der Waals surface area contributed by atoms with Gasteiger partial charge >= 0.3 is 6.09 Å². The second-order valence-electron chi connectivity index (χ2n) is 8.33. The molecule has 1 amide bonds. The number of carbonyl (C=O) groups excluding carboxylic acids is 1. The molecule has 1 aliphatic heterocycles. The van der Waals surface area contributed by atoms with Crippen LogP contribution in [-0.4, -0.2) is 28.7 Å². The predicted molar refractivity (Wildman–Crippen MR) is 110 cm³/mol. The number of halogens is 1. The van der Waals surface area contributed by atoms with Crippen molar-refractivity contribution < 1.29 is 13.9 Å². The molecule has 2 N–H and O–H groups in total. The monoisotopic (exact) mass is 398 g/mol. The fraction of sp³-hybridized carbons (Fsp3) is 0.364. The van der Waals surface area contributed by atoms with Crippen molar-refractivity contribution >= 4 is 6.09 Å². The lowest BCUT2D eigenvalue weighted by molar-refractivity contribution is 0.0523. The summed E-state index contributed by atoms with van der Waals surface area (Å²) in [5.41, 5.74) is 5.71. The Kier molecular flexibility index (Phi) is 5.61. The number of hydrazine groups is 1. The van der Waals surface area contributed by atoms with E-state index in [-0.39, 0.29) is 12.4 Å². The number of amides is 1. The third-order valence-corrected chi connectivity index (χ3v) is 4.55. The Morgan fingerprint density at radius 2 is 2.00 bits per heavy atom. The molecule has 2 heterocycles. The minimum atomic E-state index is -0.567. The zero-order chi connectivity index (χ0) is 21.2. The Balaban J connectivity index is 1.92. The summed E-state index contributed by atoms with van der Waals surface area (Å²) in [7, 11) is 1.92. The molecule has 6 nitrogen and oxygen atoms in total. The molecule has 1 atom stereocenters. The molecule has 1 unspecified atom stereocenters. The lowest BCUT2D eigenvalue weighted by atomic mass is 9.89. The van der Waals surface area contributed by atoms with Crippen LogP contribution in [0, 0.1) is 5.82 Å². The van der Waals surface area contributed by atoms with Crippen molar-refractivity contribution in [3.05, 3.63) is 65.7 Å². The van der Waals surface area contributed by atoms with Gasteiger partial charge < -0.3 is 15.1 Å². The number of pyridine rings is 1. The van der Waals surface area contributed by atoms with E-state index in [1.165, 1.54) is 12.1 Å². The number of hydrogen-bond acceptors (Lipinski definition) is 5. The van der Waals surface area contributed by atoms with Crippen LogP contribution in [0.1, 0.15) is 38.8 Å². The van der Waals surface area contributed by atoms with Crippen molar-refractivity contribution in [1.29, 1.82) is 0 Å². The molecule has 1 aromatic carbocycles. The van der Waals surface area contributed by atoms with Gasteiger partial charge in [-0.1, -0.05) is 0 Å². The van der Waals surface area contributed by atoms with Crippen molar-refractivity contribution in [3.8, 4) is 11.3 Å². The molecule has 0 bridgehead atoms. The van der Waals surface area contributed by atoms with E-state index in [0.717, 1.165) is 22.4 Å². The molecule has 29 heavy (non-hydrogen) atoms. The fourth-order valence-corrected chi connectivity index (χ4v) is 3.22. The number of nitrogens with zero attached hydrogens (tertiary/aromatic N) is 2. The van der Waals surface area contributed by atoms with Crippen LogP contribution in [0.25, 0.3) is 11.3 Å². The fourth-order valence-electron chi connectivity index (χ4n) is 3.22. The number of ether oxygens (including phenoxy) is 1. The van der Waals surface area contributed by atoms with Crippen LogP contribution in [0.2, 0.25) is 0 Å². The third kappa shape index (κ3) is 5.12. The first-order chi connectivity index (χ1) is 13.6. The first-order valence-electron chi connectivity index (χ1n) is 9.48. The average molecular weight is 398 g/mol. The summed E-state index contributed by atoms with van der Waals surface area (Å²) in [6, 6.07) is 8.20. The van der Waals surface area contributed by atoms with Gasteiger partial charge in [-0.05, 0) is 75.2 Å². The summed E-state index contributed by atoms with van der Waals surface area (Å²) in [4.78, 5) is 16.6. The molecule has 0 radical (unpaired) electrons. The van der Waals surface area contributed by atoms with Crippen molar-refractivity contribution in [2.24, 2.45) is 0 Å². The van der Waals surface area contributed by atoms with Crippen molar-refractivity contribution in [2.75, 3.05) is 7.05 Å². The summed E-state index contributed by atoms with van der Waals surface area (Å²) in [5, 5.41) is 4.68. The Morgan fingerprint density at radius 3 is 2.59 bits per heavy atom. The Labute approximate surface area is 170 Å². The van der Waals surface area contributed by atoms with Crippen LogP contribution in [0.4, 0.5) is 9.18 Å². The number of benzene rings is 1. The van der Waals surface area contributed by atoms with E-state index in [0.29, 0.717) is 0 Å². The van der Waals surface area contributed by atoms with E-state index in [4.69, 9.17) is 4.74 Å². The number of rotatable bonds is 4. The molecule has 1 aromatic heterocycles. The maximum absolute atomic E-state index is 13.3. The molecule has 0 saturated carbocycles. The highest BCUT2D eigenvalue weighted by Crippen LogP contribution is 2.32. The maximum atomic E-state index is 13.3. The second-order valence-corrected chi connectivity index (χ2v) is 8.33. The second kappa shape index (κ2) is 7.83. The third-order valence-electron chi connectivity index (χ3n) is 4.55. The Hall–Kier alpha value is -2.93. The highest BCUT2D eigenvalue weighted by atomic mass is 19.1. The molecule has 2 aromatic rings. The van der Waals surface area contributed by atoms with Crippen LogP contribution in [0.5, 0.6) is 0 Å². The molecule has 0 fully saturated rings. The standard InChI is InChI=1S/C22H27FN4O2/c1-21(2,3)29-20(28)25-14-16-13-24-19(15-6-8-17(23)9-7-15)12-18(16)22(4)10-11-27(5)26-22/h6-13,26H,14H2,1-5H3,(H,25,28). The summed E-state index contributed by atoms with van der Waals surface area (Å²) < 4.78 is 18.6. The lowest BCUT2D eigenvalue weighted by Gasteiger charge is -2.29. The summed E-state index contributed by atoms with van der Waals surface area (Å²) in [5.74, 6) is -0.291. The van der Waals surface area contributed by atoms with Gasteiger partial charge in [-0.3, -0.25) is 4.98 Å². The van der Waals surface area contributed by atoms with Gasteiger partial charge in [0.25, 0.3) is 0 Å². The molecule has 0 aliphatic carbocycles. The van der Waals surface area contributed by atoms with Crippen molar-refractivity contribution in [2.45, 2.75) is 45.4 Å². The van der Waals surface area contributed by atoms with Crippen LogP contribution in [0.15, 0.2) is 48.8 Å². The minimum Gasteiger partial charge on any atom is -0.444 e. The maximum Gasteiger partial charge on any atom is 0.407 e. The molecular weight excluding hydrogens is 371 g/mol. The largest absolute Gasteiger partial charge is 0.444 e. The Bertz CT molecular complexity index is 921. The van der Waals surface area contributed by atoms with Crippen LogP contribution >= 0.6 is 0 Å². The highest BCUT2D eigenvalue weighted by molar-refractivity contribution is 5.68. The smallest absolute Gasteiger partial charge is 0.407 e. The van der Waals surface area contributed by atoms with E-state index >= 15 is 0 Å². The van der Waals surface area contributed by atoms with E-state index < -0.39 is 17.2 Å².